The third-order valence-electron chi connectivity index (χ3n) is 7.60. The number of imidazole rings is 1. The van der Waals surface area contributed by atoms with Crippen LogP contribution in [0.3, 0.4) is 0 Å². The Morgan fingerprint density at radius 1 is 1.19 bits per heavy atom. The topological polar surface area (TPSA) is 120 Å². The maximum atomic E-state index is 13.6. The molecule has 1 saturated heterocycles. The van der Waals surface area contributed by atoms with Crippen molar-refractivity contribution in [1.29, 1.82) is 5.26 Å². The lowest BCUT2D eigenvalue weighted by molar-refractivity contribution is -0.176. The van der Waals surface area contributed by atoms with E-state index in [4.69, 9.17) is 0 Å². The molecular weight excluding hydrogens is 489 g/mol. The summed E-state index contributed by atoms with van der Waals surface area (Å²) in [5.41, 5.74) is -0.134. The van der Waals surface area contributed by atoms with Crippen LogP contribution in [0.15, 0.2) is 30.7 Å². The van der Waals surface area contributed by atoms with E-state index in [-0.39, 0.29) is 23.8 Å². The summed E-state index contributed by atoms with van der Waals surface area (Å²) < 4.78 is 40.7. The van der Waals surface area contributed by atoms with Crippen molar-refractivity contribution in [1.82, 2.24) is 24.9 Å². The number of hydrogen-bond donors (Lipinski definition) is 2. The molecule has 5 atom stereocenters. The van der Waals surface area contributed by atoms with Gasteiger partial charge in [0.2, 0.25) is 11.8 Å². The Hall–Kier alpha value is -3.62. The van der Waals surface area contributed by atoms with Gasteiger partial charge in [-0.15, -0.1) is 0 Å². The zero-order chi connectivity index (χ0) is 27.5. The molecule has 1 aliphatic carbocycles. The van der Waals surface area contributed by atoms with E-state index in [2.05, 4.69) is 16.4 Å². The van der Waals surface area contributed by atoms with Gasteiger partial charge in [-0.25, -0.2) is 4.98 Å². The molecule has 0 bridgehead atoms. The second-order valence-corrected chi connectivity index (χ2v) is 11.4. The lowest BCUT2D eigenvalue weighted by atomic mass is 9.85. The minimum absolute atomic E-state index is 0.0382. The van der Waals surface area contributed by atoms with Crippen molar-refractivity contribution < 1.29 is 27.6 Å². The van der Waals surface area contributed by atoms with Gasteiger partial charge in [0.25, 0.3) is 0 Å². The first-order chi connectivity index (χ1) is 17.1. The van der Waals surface area contributed by atoms with Gasteiger partial charge in [0, 0.05) is 6.54 Å². The number of nitriles is 1. The SMILES string of the molecule is CC(C)(C)[C@H](NC(=O)C(F)(F)F)C(=O)N1C[C@H]2[C@@H]([C@H]1C(=O)NC(C#N)c1cccc3cncn13)C2(C)C. The van der Waals surface area contributed by atoms with Gasteiger partial charge in [-0.2, -0.15) is 18.4 Å². The van der Waals surface area contributed by atoms with Gasteiger partial charge in [-0.1, -0.05) is 40.7 Å². The normalized spacial score (nSPS) is 24.1. The number of hydrogen-bond acceptors (Lipinski definition) is 5. The van der Waals surface area contributed by atoms with Gasteiger partial charge in [0.05, 0.1) is 29.8 Å². The molecule has 1 aliphatic heterocycles. The highest BCUT2D eigenvalue weighted by Gasteiger charge is 2.70. The number of likely N-dealkylation sites (tertiary alicyclic amines) is 1. The first-order valence-electron chi connectivity index (χ1n) is 11.9. The van der Waals surface area contributed by atoms with Crippen molar-refractivity contribution >= 4 is 23.2 Å². The summed E-state index contributed by atoms with van der Waals surface area (Å²) >= 11 is 0. The van der Waals surface area contributed by atoms with Gasteiger partial charge in [0.1, 0.15) is 12.1 Å². The molecule has 3 amide bonds. The van der Waals surface area contributed by atoms with E-state index in [1.165, 1.54) is 11.2 Å². The molecule has 1 saturated carbocycles. The Morgan fingerprint density at radius 3 is 2.46 bits per heavy atom. The highest BCUT2D eigenvalue weighted by Crippen LogP contribution is 2.65. The van der Waals surface area contributed by atoms with E-state index in [0.717, 1.165) is 5.52 Å². The molecule has 2 N–H and O–H groups in total. The summed E-state index contributed by atoms with van der Waals surface area (Å²) in [6.45, 7) is 8.71. The van der Waals surface area contributed by atoms with Crippen LogP contribution < -0.4 is 10.6 Å². The number of aromatic nitrogens is 2. The minimum atomic E-state index is -5.16. The zero-order valence-corrected chi connectivity index (χ0v) is 21.1. The molecular formula is C25H29F3N6O3. The lowest BCUT2D eigenvalue weighted by Crippen LogP contribution is -2.60. The van der Waals surface area contributed by atoms with Gasteiger partial charge in [-0.3, -0.25) is 14.4 Å². The third-order valence-corrected chi connectivity index (χ3v) is 7.60. The monoisotopic (exact) mass is 518 g/mol. The number of alkyl halides is 3. The number of halogens is 3. The minimum Gasteiger partial charge on any atom is -0.336 e. The lowest BCUT2D eigenvalue weighted by Gasteiger charge is -2.37. The van der Waals surface area contributed by atoms with E-state index in [0.29, 0.717) is 5.69 Å². The number of pyridine rings is 1. The van der Waals surface area contributed by atoms with Crippen LogP contribution in [0.5, 0.6) is 0 Å². The fourth-order valence-corrected chi connectivity index (χ4v) is 5.45. The van der Waals surface area contributed by atoms with Crippen molar-refractivity contribution in [3.63, 3.8) is 0 Å². The van der Waals surface area contributed by atoms with Crippen molar-refractivity contribution in [3.05, 3.63) is 36.4 Å². The molecule has 3 heterocycles. The van der Waals surface area contributed by atoms with Crippen molar-refractivity contribution in [2.75, 3.05) is 6.54 Å². The predicted octanol–water partition coefficient (Wildman–Crippen LogP) is 2.59. The van der Waals surface area contributed by atoms with Crippen molar-refractivity contribution in [2.24, 2.45) is 22.7 Å². The third kappa shape index (κ3) is 4.63. The Kier molecular flexibility index (Phi) is 6.25. The molecule has 2 aromatic rings. The largest absolute Gasteiger partial charge is 0.471 e. The summed E-state index contributed by atoms with van der Waals surface area (Å²) in [6, 6.07) is 3.69. The zero-order valence-electron chi connectivity index (χ0n) is 21.1. The van der Waals surface area contributed by atoms with Crippen LogP contribution in [0.1, 0.15) is 46.4 Å². The van der Waals surface area contributed by atoms with E-state index >= 15 is 0 Å². The van der Waals surface area contributed by atoms with Crippen LogP contribution in [0.25, 0.3) is 5.52 Å². The average Bonchev–Trinajstić information content (AvgIpc) is 3.21. The molecule has 1 unspecified atom stereocenters. The fourth-order valence-electron chi connectivity index (χ4n) is 5.45. The summed E-state index contributed by atoms with van der Waals surface area (Å²) in [4.78, 5) is 44.3. The van der Waals surface area contributed by atoms with Crippen LogP contribution in [0.4, 0.5) is 13.2 Å². The fraction of sp³-hybridized carbons (Fsp3) is 0.560. The molecule has 9 nitrogen and oxygen atoms in total. The smallest absolute Gasteiger partial charge is 0.336 e. The van der Waals surface area contributed by atoms with Crippen LogP contribution in [0, 0.1) is 34.0 Å². The molecule has 4 rings (SSSR count). The van der Waals surface area contributed by atoms with Gasteiger partial charge >= 0.3 is 12.1 Å². The molecule has 2 aromatic heterocycles. The molecule has 0 aromatic carbocycles. The highest BCUT2D eigenvalue weighted by molar-refractivity contribution is 5.95. The number of carbonyl (C=O) groups excluding carboxylic acids is 3. The highest BCUT2D eigenvalue weighted by atomic mass is 19.4. The number of amides is 3. The predicted molar refractivity (Wildman–Crippen MR) is 125 cm³/mol. The summed E-state index contributed by atoms with van der Waals surface area (Å²) in [6.07, 6.45) is -2.04. The molecule has 2 aliphatic rings. The Morgan fingerprint density at radius 2 is 1.86 bits per heavy atom. The van der Waals surface area contributed by atoms with E-state index < -0.39 is 47.4 Å². The van der Waals surface area contributed by atoms with Crippen LogP contribution in [0.2, 0.25) is 0 Å². The maximum absolute atomic E-state index is 13.6. The quantitative estimate of drug-likeness (QED) is 0.631. The molecule has 0 radical (unpaired) electrons. The van der Waals surface area contributed by atoms with Gasteiger partial charge in [0.15, 0.2) is 6.04 Å². The van der Waals surface area contributed by atoms with E-state index in [9.17, 15) is 32.8 Å². The number of nitrogens with one attached hydrogen (secondary N) is 2. The Labute approximate surface area is 212 Å². The first-order valence-corrected chi connectivity index (χ1v) is 11.9. The standard InChI is InChI=1S/C25H29F3N6O3/c1-23(2,3)19(32-22(37)25(26,27)28)21(36)33-11-14-17(24(14,4)5)18(33)20(35)31-15(9-29)16-8-6-7-13-10-30-12-34(13)16/h6-8,10,12,14-15,17-19H,11H2,1-5H3,(H,31,35)(H,32,37)/t14-,15?,17-,18-,19+/m0/s1. The van der Waals surface area contributed by atoms with Gasteiger partial charge < -0.3 is 19.9 Å². The molecule has 2 fully saturated rings. The Bertz CT molecular complexity index is 1290. The molecule has 198 valence electrons. The Balaban J connectivity index is 1.62. The van der Waals surface area contributed by atoms with Crippen LogP contribution in [-0.4, -0.2) is 56.8 Å². The average molecular weight is 519 g/mol. The number of carbonyl (C=O) groups is 3. The summed E-state index contributed by atoms with van der Waals surface area (Å²) in [5, 5.41) is 14.4. The number of piperidine rings is 1. The number of rotatable bonds is 5. The van der Waals surface area contributed by atoms with E-state index in [1.54, 1.807) is 49.6 Å². The molecule has 0 spiro atoms. The van der Waals surface area contributed by atoms with Crippen LogP contribution in [-0.2, 0) is 14.4 Å². The molecule has 37 heavy (non-hydrogen) atoms. The van der Waals surface area contributed by atoms with Crippen LogP contribution >= 0.6 is 0 Å². The molecule has 12 heteroatoms. The van der Waals surface area contributed by atoms with Crippen molar-refractivity contribution in [3.8, 4) is 6.07 Å². The summed E-state index contributed by atoms with van der Waals surface area (Å²) in [7, 11) is 0. The number of nitrogens with zero attached hydrogens (tertiary/aromatic N) is 4. The number of fused-ring (bicyclic) bond motifs is 2. The second kappa shape index (κ2) is 8.75. The second-order valence-electron chi connectivity index (χ2n) is 11.4. The summed E-state index contributed by atoms with van der Waals surface area (Å²) in [5.74, 6) is -3.84. The van der Waals surface area contributed by atoms with Crippen molar-refractivity contribution in [2.45, 2.75) is 58.9 Å². The maximum Gasteiger partial charge on any atom is 0.471 e. The van der Waals surface area contributed by atoms with E-state index in [1.807, 2.05) is 19.2 Å². The first kappa shape index (κ1) is 26.4. The van der Waals surface area contributed by atoms with Gasteiger partial charge in [-0.05, 0) is 34.8 Å².